The predicted octanol–water partition coefficient (Wildman–Crippen LogP) is 5.36. The third kappa shape index (κ3) is 7.12. The zero-order valence-electron chi connectivity index (χ0n) is 12.6. The molecule has 19 heavy (non-hydrogen) atoms. The molecule has 0 heterocycles. The molecular formula is C17H28BrN. The molecule has 1 nitrogen and oxygen atoms in total. The standard InChI is InChI=1S/C17H28BrN/c1-4-5-6-7-16(13-19-12-14(2)3)15-8-10-17(18)11-9-15/h8-11,14,16,19H,4-7,12-13H2,1-3H3. The second kappa shape index (κ2) is 9.55. The van der Waals surface area contributed by atoms with Gasteiger partial charge in [-0.05, 0) is 42.5 Å². The van der Waals surface area contributed by atoms with E-state index >= 15 is 0 Å². The van der Waals surface area contributed by atoms with Crippen LogP contribution in [0.5, 0.6) is 0 Å². The highest BCUT2D eigenvalue weighted by molar-refractivity contribution is 9.10. The molecule has 0 spiro atoms. The monoisotopic (exact) mass is 325 g/mol. The summed E-state index contributed by atoms with van der Waals surface area (Å²) in [6, 6.07) is 8.84. The molecule has 108 valence electrons. The molecule has 0 radical (unpaired) electrons. The lowest BCUT2D eigenvalue weighted by Gasteiger charge is -2.19. The summed E-state index contributed by atoms with van der Waals surface area (Å²) in [6.07, 6.45) is 5.27. The van der Waals surface area contributed by atoms with Gasteiger partial charge in [-0.2, -0.15) is 0 Å². The Kier molecular flexibility index (Phi) is 8.40. The van der Waals surface area contributed by atoms with E-state index in [-0.39, 0.29) is 0 Å². The summed E-state index contributed by atoms with van der Waals surface area (Å²) in [4.78, 5) is 0. The molecule has 1 unspecified atom stereocenters. The Bertz CT molecular complexity index is 332. The van der Waals surface area contributed by atoms with E-state index in [0.29, 0.717) is 5.92 Å². The molecule has 0 aliphatic carbocycles. The lowest BCUT2D eigenvalue weighted by atomic mass is 9.93. The summed E-state index contributed by atoms with van der Waals surface area (Å²) in [7, 11) is 0. The maximum atomic E-state index is 3.61. The number of rotatable bonds is 9. The lowest BCUT2D eigenvalue weighted by Crippen LogP contribution is -2.25. The van der Waals surface area contributed by atoms with Crippen molar-refractivity contribution in [2.75, 3.05) is 13.1 Å². The van der Waals surface area contributed by atoms with Gasteiger partial charge < -0.3 is 5.32 Å². The second-order valence-corrected chi connectivity index (χ2v) is 6.71. The normalized spacial score (nSPS) is 12.9. The Balaban J connectivity index is 2.54. The minimum atomic E-state index is 0.651. The number of benzene rings is 1. The molecule has 1 aromatic carbocycles. The van der Waals surface area contributed by atoms with Gasteiger partial charge in [-0.15, -0.1) is 0 Å². The van der Waals surface area contributed by atoms with Crippen LogP contribution < -0.4 is 5.32 Å². The summed E-state index contributed by atoms with van der Waals surface area (Å²) < 4.78 is 1.17. The van der Waals surface area contributed by atoms with Crippen molar-refractivity contribution in [1.29, 1.82) is 0 Å². The lowest BCUT2D eigenvalue weighted by molar-refractivity contribution is 0.486. The van der Waals surface area contributed by atoms with Crippen molar-refractivity contribution in [2.24, 2.45) is 5.92 Å². The van der Waals surface area contributed by atoms with Crippen molar-refractivity contribution in [3.8, 4) is 0 Å². The SMILES string of the molecule is CCCCCC(CNCC(C)C)c1ccc(Br)cc1. The van der Waals surface area contributed by atoms with Crippen LogP contribution in [0, 0.1) is 5.92 Å². The zero-order valence-corrected chi connectivity index (χ0v) is 14.2. The molecule has 1 atom stereocenters. The number of halogens is 1. The van der Waals surface area contributed by atoms with Gasteiger partial charge in [-0.1, -0.05) is 68.1 Å². The average molecular weight is 326 g/mol. The molecule has 0 aromatic heterocycles. The zero-order chi connectivity index (χ0) is 14.1. The van der Waals surface area contributed by atoms with Crippen LogP contribution in [0.4, 0.5) is 0 Å². The first-order valence-electron chi connectivity index (χ1n) is 7.59. The van der Waals surface area contributed by atoms with Gasteiger partial charge in [0.15, 0.2) is 0 Å². The van der Waals surface area contributed by atoms with E-state index in [4.69, 9.17) is 0 Å². The van der Waals surface area contributed by atoms with Crippen LogP contribution in [-0.2, 0) is 0 Å². The van der Waals surface area contributed by atoms with Crippen molar-refractivity contribution < 1.29 is 0 Å². The summed E-state index contributed by atoms with van der Waals surface area (Å²) in [5.74, 6) is 1.37. The third-order valence-corrected chi connectivity index (χ3v) is 3.97. The molecule has 1 rings (SSSR count). The fraction of sp³-hybridized carbons (Fsp3) is 0.647. The van der Waals surface area contributed by atoms with Crippen LogP contribution in [0.1, 0.15) is 57.9 Å². The van der Waals surface area contributed by atoms with E-state index < -0.39 is 0 Å². The topological polar surface area (TPSA) is 12.0 Å². The highest BCUT2D eigenvalue weighted by Crippen LogP contribution is 2.23. The number of hydrogen-bond acceptors (Lipinski definition) is 1. The summed E-state index contributed by atoms with van der Waals surface area (Å²) in [5.41, 5.74) is 1.47. The van der Waals surface area contributed by atoms with Gasteiger partial charge in [0.2, 0.25) is 0 Å². The Morgan fingerprint density at radius 1 is 1.05 bits per heavy atom. The Morgan fingerprint density at radius 2 is 1.74 bits per heavy atom. The van der Waals surface area contributed by atoms with Crippen molar-refractivity contribution in [2.45, 2.75) is 52.4 Å². The fourth-order valence-electron chi connectivity index (χ4n) is 2.31. The average Bonchev–Trinajstić information content (AvgIpc) is 2.38. The molecule has 1 aromatic rings. The van der Waals surface area contributed by atoms with Crippen LogP contribution in [0.2, 0.25) is 0 Å². The smallest absolute Gasteiger partial charge is 0.0175 e. The minimum Gasteiger partial charge on any atom is -0.316 e. The van der Waals surface area contributed by atoms with Crippen LogP contribution >= 0.6 is 15.9 Å². The van der Waals surface area contributed by atoms with Crippen molar-refractivity contribution in [1.82, 2.24) is 5.32 Å². The van der Waals surface area contributed by atoms with Gasteiger partial charge in [0.1, 0.15) is 0 Å². The number of unbranched alkanes of at least 4 members (excludes halogenated alkanes) is 2. The van der Waals surface area contributed by atoms with Crippen molar-refractivity contribution >= 4 is 15.9 Å². The molecule has 0 bridgehead atoms. The molecule has 0 aliphatic rings. The van der Waals surface area contributed by atoms with Gasteiger partial charge in [0.05, 0.1) is 0 Å². The molecule has 0 saturated heterocycles. The summed E-state index contributed by atoms with van der Waals surface area (Å²) in [6.45, 7) is 9.01. The van der Waals surface area contributed by atoms with Crippen LogP contribution in [0.3, 0.4) is 0 Å². The maximum Gasteiger partial charge on any atom is 0.0175 e. The molecule has 2 heteroatoms. The van der Waals surface area contributed by atoms with Gasteiger partial charge in [-0.3, -0.25) is 0 Å². The van der Waals surface area contributed by atoms with Crippen molar-refractivity contribution in [3.05, 3.63) is 34.3 Å². The number of nitrogens with one attached hydrogen (secondary N) is 1. The fourth-order valence-corrected chi connectivity index (χ4v) is 2.57. The van der Waals surface area contributed by atoms with E-state index in [1.165, 1.54) is 35.7 Å². The van der Waals surface area contributed by atoms with Gasteiger partial charge >= 0.3 is 0 Å². The summed E-state index contributed by atoms with van der Waals surface area (Å²) >= 11 is 3.51. The largest absolute Gasteiger partial charge is 0.316 e. The van der Waals surface area contributed by atoms with E-state index in [1.54, 1.807) is 0 Å². The maximum absolute atomic E-state index is 3.61. The predicted molar refractivity (Wildman–Crippen MR) is 88.7 cm³/mol. The first kappa shape index (κ1) is 16.7. The van der Waals surface area contributed by atoms with E-state index in [2.05, 4.69) is 66.3 Å². The van der Waals surface area contributed by atoms with Gasteiger partial charge in [-0.25, -0.2) is 0 Å². The Hall–Kier alpha value is -0.340. The quantitative estimate of drug-likeness (QED) is 0.603. The third-order valence-electron chi connectivity index (χ3n) is 3.44. The first-order chi connectivity index (χ1) is 9.13. The second-order valence-electron chi connectivity index (χ2n) is 5.80. The molecule has 0 amide bonds. The van der Waals surface area contributed by atoms with Crippen LogP contribution in [0.15, 0.2) is 28.7 Å². The van der Waals surface area contributed by atoms with E-state index in [0.717, 1.165) is 19.0 Å². The van der Waals surface area contributed by atoms with Crippen LogP contribution in [-0.4, -0.2) is 13.1 Å². The van der Waals surface area contributed by atoms with Gasteiger partial charge in [0, 0.05) is 11.0 Å². The Labute approximate surface area is 127 Å². The van der Waals surface area contributed by atoms with E-state index in [1.807, 2.05) is 0 Å². The minimum absolute atomic E-state index is 0.651. The van der Waals surface area contributed by atoms with Gasteiger partial charge in [0.25, 0.3) is 0 Å². The molecule has 0 aliphatic heterocycles. The highest BCUT2D eigenvalue weighted by atomic mass is 79.9. The molecule has 1 N–H and O–H groups in total. The molecule has 0 saturated carbocycles. The van der Waals surface area contributed by atoms with E-state index in [9.17, 15) is 0 Å². The van der Waals surface area contributed by atoms with Crippen LogP contribution in [0.25, 0.3) is 0 Å². The first-order valence-corrected chi connectivity index (χ1v) is 8.39. The molecule has 0 fully saturated rings. The molecular weight excluding hydrogens is 298 g/mol. The highest BCUT2D eigenvalue weighted by Gasteiger charge is 2.11. The number of hydrogen-bond donors (Lipinski definition) is 1. The Morgan fingerprint density at radius 3 is 2.32 bits per heavy atom. The summed E-state index contributed by atoms with van der Waals surface area (Å²) in [5, 5.41) is 3.61. The van der Waals surface area contributed by atoms with Crippen molar-refractivity contribution in [3.63, 3.8) is 0 Å².